The maximum Gasteiger partial charge on any atom is 0.242 e. The van der Waals surface area contributed by atoms with Gasteiger partial charge < -0.3 is 9.47 Å². The van der Waals surface area contributed by atoms with Gasteiger partial charge in [-0.2, -0.15) is 0 Å². The summed E-state index contributed by atoms with van der Waals surface area (Å²) in [6.07, 6.45) is 0.757. The lowest BCUT2D eigenvalue weighted by Crippen LogP contribution is -2.38. The SMILES string of the molecule is C=C(NNC(=O)[C@H]1CC1(c1ccccc1)c1ccccc1)c1ccc(OC)cc1OC. The molecule has 1 atom stereocenters. The number of hydrogen-bond donors (Lipinski definition) is 2. The Morgan fingerprint density at radius 1 is 0.903 bits per heavy atom. The van der Waals surface area contributed by atoms with Gasteiger partial charge in [-0.25, -0.2) is 0 Å². The predicted octanol–water partition coefficient (Wildman–Crippen LogP) is 4.30. The van der Waals surface area contributed by atoms with Crippen molar-refractivity contribution in [1.82, 2.24) is 10.9 Å². The second kappa shape index (κ2) is 8.56. The van der Waals surface area contributed by atoms with E-state index >= 15 is 0 Å². The van der Waals surface area contributed by atoms with Gasteiger partial charge in [0.25, 0.3) is 0 Å². The maximum atomic E-state index is 13.1. The molecule has 0 aromatic heterocycles. The predicted molar refractivity (Wildman–Crippen MR) is 122 cm³/mol. The molecular formula is C26H26N2O3. The van der Waals surface area contributed by atoms with Crippen LogP contribution in [0.5, 0.6) is 11.5 Å². The molecule has 3 aromatic rings. The average molecular weight is 415 g/mol. The van der Waals surface area contributed by atoms with Gasteiger partial charge in [0.1, 0.15) is 11.5 Å². The van der Waals surface area contributed by atoms with Crippen molar-refractivity contribution < 1.29 is 14.3 Å². The summed E-state index contributed by atoms with van der Waals surface area (Å²) in [5, 5.41) is 0. The molecule has 31 heavy (non-hydrogen) atoms. The number of carbonyl (C=O) groups is 1. The van der Waals surface area contributed by atoms with Crippen molar-refractivity contribution >= 4 is 11.6 Å². The topological polar surface area (TPSA) is 59.6 Å². The van der Waals surface area contributed by atoms with E-state index < -0.39 is 0 Å². The van der Waals surface area contributed by atoms with E-state index in [4.69, 9.17) is 9.47 Å². The second-order valence-electron chi connectivity index (χ2n) is 7.62. The number of benzene rings is 3. The van der Waals surface area contributed by atoms with Gasteiger partial charge in [-0.3, -0.25) is 15.6 Å². The lowest BCUT2D eigenvalue weighted by molar-refractivity contribution is -0.123. The van der Waals surface area contributed by atoms with E-state index in [0.29, 0.717) is 17.2 Å². The molecule has 0 saturated heterocycles. The highest BCUT2D eigenvalue weighted by molar-refractivity contribution is 5.86. The second-order valence-corrected chi connectivity index (χ2v) is 7.62. The zero-order valence-electron chi connectivity index (χ0n) is 17.7. The van der Waals surface area contributed by atoms with E-state index in [0.717, 1.165) is 23.1 Å². The van der Waals surface area contributed by atoms with Gasteiger partial charge in [0.05, 0.1) is 25.8 Å². The standard InChI is InChI=1S/C26H26N2O3/c1-18(22-15-14-21(30-2)16-24(22)31-3)27-28-25(29)23-17-26(23,19-10-6-4-7-11-19)20-12-8-5-9-13-20/h4-16,23,27H,1,17H2,2-3H3,(H,28,29)/t23-/m1/s1. The number of nitrogens with one attached hydrogen (secondary N) is 2. The highest BCUT2D eigenvalue weighted by Crippen LogP contribution is 2.58. The normalized spacial score (nSPS) is 16.1. The largest absolute Gasteiger partial charge is 0.497 e. The van der Waals surface area contributed by atoms with Gasteiger partial charge in [-0.15, -0.1) is 0 Å². The quantitative estimate of drug-likeness (QED) is 0.540. The molecule has 5 nitrogen and oxygen atoms in total. The van der Waals surface area contributed by atoms with Crippen molar-refractivity contribution in [3.8, 4) is 11.5 Å². The molecule has 1 saturated carbocycles. The molecule has 0 unspecified atom stereocenters. The van der Waals surface area contributed by atoms with E-state index in [1.807, 2.05) is 48.5 Å². The van der Waals surface area contributed by atoms with Crippen molar-refractivity contribution in [2.45, 2.75) is 11.8 Å². The minimum Gasteiger partial charge on any atom is -0.497 e. The van der Waals surface area contributed by atoms with Crippen LogP contribution < -0.4 is 20.3 Å². The van der Waals surface area contributed by atoms with Crippen LogP contribution in [0.15, 0.2) is 85.4 Å². The number of rotatable bonds is 8. The number of methoxy groups -OCH3 is 2. The molecular weight excluding hydrogens is 388 g/mol. The van der Waals surface area contributed by atoms with Crippen LogP contribution in [0.4, 0.5) is 0 Å². The first-order chi connectivity index (χ1) is 15.1. The zero-order valence-corrected chi connectivity index (χ0v) is 17.7. The Morgan fingerprint density at radius 2 is 1.52 bits per heavy atom. The Hall–Kier alpha value is -3.73. The maximum absolute atomic E-state index is 13.1. The summed E-state index contributed by atoms with van der Waals surface area (Å²) in [5.41, 5.74) is 9.08. The average Bonchev–Trinajstić information content (AvgIpc) is 3.60. The number of hydrazine groups is 1. The first kappa shape index (κ1) is 20.5. The fraction of sp³-hybridized carbons (Fsp3) is 0.192. The highest BCUT2D eigenvalue weighted by Gasteiger charge is 2.60. The van der Waals surface area contributed by atoms with Crippen LogP contribution in [0.25, 0.3) is 5.70 Å². The number of hydrogen-bond acceptors (Lipinski definition) is 4. The molecule has 0 heterocycles. The molecule has 0 bridgehead atoms. The van der Waals surface area contributed by atoms with E-state index in [1.54, 1.807) is 20.3 Å². The molecule has 0 spiro atoms. The van der Waals surface area contributed by atoms with Crippen LogP contribution in [0.1, 0.15) is 23.1 Å². The van der Waals surface area contributed by atoms with E-state index in [-0.39, 0.29) is 17.2 Å². The Balaban J connectivity index is 1.50. The first-order valence-corrected chi connectivity index (χ1v) is 10.2. The number of ether oxygens (including phenoxy) is 2. The van der Waals surface area contributed by atoms with Crippen LogP contribution in [-0.2, 0) is 10.2 Å². The number of carbonyl (C=O) groups excluding carboxylic acids is 1. The molecule has 4 rings (SSSR count). The third-order valence-corrected chi connectivity index (χ3v) is 5.93. The van der Waals surface area contributed by atoms with Gasteiger partial charge in [0.15, 0.2) is 0 Å². The number of amides is 1. The smallest absolute Gasteiger partial charge is 0.242 e. The van der Waals surface area contributed by atoms with Gasteiger partial charge in [-0.1, -0.05) is 67.2 Å². The van der Waals surface area contributed by atoms with Crippen molar-refractivity contribution in [3.05, 3.63) is 102 Å². The van der Waals surface area contributed by atoms with Crippen molar-refractivity contribution in [2.75, 3.05) is 14.2 Å². The van der Waals surface area contributed by atoms with Crippen LogP contribution >= 0.6 is 0 Å². The van der Waals surface area contributed by atoms with Crippen molar-refractivity contribution in [3.63, 3.8) is 0 Å². The Kier molecular flexibility index (Phi) is 5.67. The Labute approximate surface area is 182 Å². The van der Waals surface area contributed by atoms with Gasteiger partial charge >= 0.3 is 0 Å². The van der Waals surface area contributed by atoms with Crippen LogP contribution in [0.2, 0.25) is 0 Å². The monoisotopic (exact) mass is 414 g/mol. The fourth-order valence-corrected chi connectivity index (χ4v) is 4.19. The molecule has 5 heteroatoms. The van der Waals surface area contributed by atoms with Crippen LogP contribution in [-0.4, -0.2) is 20.1 Å². The molecule has 3 aromatic carbocycles. The summed E-state index contributed by atoms with van der Waals surface area (Å²) in [6, 6.07) is 25.9. The summed E-state index contributed by atoms with van der Waals surface area (Å²) in [4.78, 5) is 13.1. The molecule has 2 N–H and O–H groups in total. The third-order valence-electron chi connectivity index (χ3n) is 5.93. The van der Waals surface area contributed by atoms with E-state index in [1.165, 1.54) is 0 Å². The zero-order chi connectivity index (χ0) is 21.8. The van der Waals surface area contributed by atoms with E-state index in [2.05, 4.69) is 41.7 Å². The molecule has 0 radical (unpaired) electrons. The summed E-state index contributed by atoms with van der Waals surface area (Å²) in [5.74, 6) is 1.06. The molecule has 1 fully saturated rings. The van der Waals surface area contributed by atoms with Crippen molar-refractivity contribution in [2.24, 2.45) is 5.92 Å². The van der Waals surface area contributed by atoms with Crippen molar-refractivity contribution in [1.29, 1.82) is 0 Å². The first-order valence-electron chi connectivity index (χ1n) is 10.2. The third kappa shape index (κ3) is 3.87. The van der Waals surface area contributed by atoms with Crippen LogP contribution in [0, 0.1) is 5.92 Å². The minimum absolute atomic E-state index is 0.0682. The fourth-order valence-electron chi connectivity index (χ4n) is 4.19. The molecule has 1 aliphatic carbocycles. The molecule has 158 valence electrons. The lowest BCUT2D eigenvalue weighted by atomic mass is 9.85. The molecule has 1 aliphatic rings. The van der Waals surface area contributed by atoms with Gasteiger partial charge in [0.2, 0.25) is 5.91 Å². The van der Waals surface area contributed by atoms with Crippen LogP contribution in [0.3, 0.4) is 0 Å². The lowest BCUT2D eigenvalue weighted by Gasteiger charge is -2.20. The molecule has 1 amide bonds. The van der Waals surface area contributed by atoms with Gasteiger partial charge in [0, 0.05) is 17.0 Å². The summed E-state index contributed by atoms with van der Waals surface area (Å²) >= 11 is 0. The minimum atomic E-state index is -0.312. The van der Waals surface area contributed by atoms with E-state index in [9.17, 15) is 4.79 Å². The summed E-state index contributed by atoms with van der Waals surface area (Å²) in [7, 11) is 3.19. The summed E-state index contributed by atoms with van der Waals surface area (Å²) < 4.78 is 10.7. The Morgan fingerprint density at radius 3 is 2.06 bits per heavy atom. The summed E-state index contributed by atoms with van der Waals surface area (Å²) in [6.45, 7) is 4.05. The highest BCUT2D eigenvalue weighted by atomic mass is 16.5. The molecule has 0 aliphatic heterocycles. The van der Waals surface area contributed by atoms with Gasteiger partial charge in [-0.05, 0) is 29.7 Å². The Bertz CT molecular complexity index is 1040.